The molecule has 1 atom stereocenters. The van der Waals surface area contributed by atoms with E-state index in [2.05, 4.69) is 4.90 Å². The van der Waals surface area contributed by atoms with Gasteiger partial charge in [-0.05, 0) is 37.1 Å². The first-order valence-corrected chi connectivity index (χ1v) is 5.66. The van der Waals surface area contributed by atoms with Crippen LogP contribution in [0.4, 0.5) is 5.69 Å². The molecule has 1 fully saturated rings. The Morgan fingerprint density at radius 2 is 2.38 bits per heavy atom. The van der Waals surface area contributed by atoms with Gasteiger partial charge in [0, 0.05) is 36.9 Å². The maximum Gasteiger partial charge on any atom is 0.150 e. The van der Waals surface area contributed by atoms with Crippen LogP contribution in [0, 0.1) is 12.8 Å². The molecule has 0 aromatic heterocycles. The van der Waals surface area contributed by atoms with Gasteiger partial charge < -0.3 is 10.0 Å². The van der Waals surface area contributed by atoms with Crippen LogP contribution in [0.25, 0.3) is 0 Å². The zero-order chi connectivity index (χ0) is 11.5. The number of aliphatic hydroxyl groups is 1. The Morgan fingerprint density at radius 1 is 1.56 bits per heavy atom. The number of hydrogen-bond acceptors (Lipinski definition) is 3. The molecule has 0 spiro atoms. The fourth-order valence-corrected chi connectivity index (χ4v) is 2.31. The van der Waals surface area contributed by atoms with E-state index in [0.29, 0.717) is 5.92 Å². The average molecular weight is 219 g/mol. The summed E-state index contributed by atoms with van der Waals surface area (Å²) < 4.78 is 0. The Labute approximate surface area is 95.7 Å². The summed E-state index contributed by atoms with van der Waals surface area (Å²) in [6.07, 6.45) is 1.92. The van der Waals surface area contributed by atoms with Crippen LogP contribution in [-0.2, 0) is 0 Å². The van der Waals surface area contributed by atoms with Crippen LogP contribution >= 0.6 is 0 Å². The highest BCUT2D eigenvalue weighted by atomic mass is 16.3. The van der Waals surface area contributed by atoms with Crippen molar-refractivity contribution < 1.29 is 9.90 Å². The quantitative estimate of drug-likeness (QED) is 0.785. The highest BCUT2D eigenvalue weighted by Gasteiger charge is 2.22. The summed E-state index contributed by atoms with van der Waals surface area (Å²) in [5.41, 5.74) is 3.03. The Balaban J connectivity index is 2.18. The van der Waals surface area contributed by atoms with Crippen molar-refractivity contribution in [3.8, 4) is 0 Å². The van der Waals surface area contributed by atoms with Crippen molar-refractivity contribution in [3.05, 3.63) is 29.3 Å². The van der Waals surface area contributed by atoms with Crippen LogP contribution in [0.1, 0.15) is 22.3 Å². The summed E-state index contributed by atoms with van der Waals surface area (Å²) in [5.74, 6) is 0.394. The average Bonchev–Trinajstić information content (AvgIpc) is 2.77. The third-order valence-electron chi connectivity index (χ3n) is 3.24. The van der Waals surface area contributed by atoms with E-state index in [9.17, 15) is 4.79 Å². The van der Waals surface area contributed by atoms with E-state index in [0.717, 1.165) is 36.9 Å². The first kappa shape index (κ1) is 11.1. The van der Waals surface area contributed by atoms with Crippen LogP contribution in [0.2, 0.25) is 0 Å². The van der Waals surface area contributed by atoms with Crippen molar-refractivity contribution in [1.29, 1.82) is 0 Å². The molecule has 0 bridgehead atoms. The van der Waals surface area contributed by atoms with Gasteiger partial charge in [-0.3, -0.25) is 4.79 Å². The van der Waals surface area contributed by atoms with Gasteiger partial charge >= 0.3 is 0 Å². The van der Waals surface area contributed by atoms with E-state index in [1.165, 1.54) is 5.69 Å². The van der Waals surface area contributed by atoms with Gasteiger partial charge in [0.2, 0.25) is 0 Å². The molecule has 0 amide bonds. The van der Waals surface area contributed by atoms with Crippen LogP contribution in [-0.4, -0.2) is 31.1 Å². The summed E-state index contributed by atoms with van der Waals surface area (Å²) in [4.78, 5) is 12.9. The lowest BCUT2D eigenvalue weighted by Crippen LogP contribution is -2.21. The molecule has 1 saturated heterocycles. The largest absolute Gasteiger partial charge is 0.396 e. The maximum atomic E-state index is 10.6. The molecule has 3 heteroatoms. The summed E-state index contributed by atoms with van der Waals surface area (Å²) in [7, 11) is 0. The number of aliphatic hydroxyl groups excluding tert-OH is 1. The van der Waals surface area contributed by atoms with E-state index >= 15 is 0 Å². The summed E-state index contributed by atoms with van der Waals surface area (Å²) >= 11 is 0. The zero-order valence-corrected chi connectivity index (χ0v) is 9.52. The van der Waals surface area contributed by atoms with Crippen molar-refractivity contribution in [3.63, 3.8) is 0 Å². The second kappa shape index (κ2) is 4.66. The molecule has 86 valence electrons. The third kappa shape index (κ3) is 2.09. The lowest BCUT2D eigenvalue weighted by molar-refractivity contribution is 0.112. The highest BCUT2D eigenvalue weighted by molar-refractivity contribution is 5.77. The molecular weight excluding hydrogens is 202 g/mol. The van der Waals surface area contributed by atoms with Gasteiger partial charge in [0.1, 0.15) is 6.29 Å². The van der Waals surface area contributed by atoms with Crippen LogP contribution in [0.5, 0.6) is 0 Å². The molecule has 3 nitrogen and oxygen atoms in total. The van der Waals surface area contributed by atoms with E-state index in [4.69, 9.17) is 5.11 Å². The molecule has 1 aromatic carbocycles. The van der Waals surface area contributed by atoms with Crippen molar-refractivity contribution >= 4 is 12.0 Å². The van der Waals surface area contributed by atoms with Gasteiger partial charge in [-0.15, -0.1) is 0 Å². The van der Waals surface area contributed by atoms with Gasteiger partial charge in [0.15, 0.2) is 0 Å². The topological polar surface area (TPSA) is 40.5 Å². The van der Waals surface area contributed by atoms with Crippen LogP contribution in [0.15, 0.2) is 18.2 Å². The highest BCUT2D eigenvalue weighted by Crippen LogP contribution is 2.26. The Hall–Kier alpha value is -1.35. The third-order valence-corrected chi connectivity index (χ3v) is 3.24. The number of hydrogen-bond donors (Lipinski definition) is 1. The number of carbonyl (C=O) groups excluding carboxylic acids is 1. The predicted molar refractivity (Wildman–Crippen MR) is 64.0 cm³/mol. The fourth-order valence-electron chi connectivity index (χ4n) is 2.31. The van der Waals surface area contributed by atoms with Crippen molar-refractivity contribution in [2.24, 2.45) is 5.92 Å². The minimum absolute atomic E-state index is 0.266. The number of benzene rings is 1. The van der Waals surface area contributed by atoms with Gasteiger partial charge in [-0.1, -0.05) is 0 Å². The number of aryl methyl sites for hydroxylation is 1. The molecule has 0 radical (unpaired) electrons. The summed E-state index contributed by atoms with van der Waals surface area (Å²) in [6, 6.07) is 5.76. The predicted octanol–water partition coefficient (Wildman–Crippen LogP) is 1.63. The van der Waals surface area contributed by atoms with E-state index < -0.39 is 0 Å². The molecule has 1 unspecified atom stereocenters. The lowest BCUT2D eigenvalue weighted by atomic mass is 10.1. The molecule has 0 aliphatic carbocycles. The Morgan fingerprint density at radius 3 is 2.94 bits per heavy atom. The van der Waals surface area contributed by atoms with Crippen LogP contribution < -0.4 is 4.90 Å². The fraction of sp³-hybridized carbons (Fsp3) is 0.462. The normalized spacial score (nSPS) is 20.1. The van der Waals surface area contributed by atoms with Crippen molar-refractivity contribution in [2.75, 3.05) is 24.6 Å². The van der Waals surface area contributed by atoms with Gasteiger partial charge in [0.05, 0.1) is 0 Å². The van der Waals surface area contributed by atoms with Crippen molar-refractivity contribution in [2.45, 2.75) is 13.3 Å². The number of rotatable bonds is 3. The summed E-state index contributed by atoms with van der Waals surface area (Å²) in [6.45, 7) is 4.20. The first-order chi connectivity index (χ1) is 7.74. The van der Waals surface area contributed by atoms with Gasteiger partial charge in [-0.2, -0.15) is 0 Å². The number of nitrogens with zero attached hydrogens (tertiary/aromatic N) is 1. The molecule has 1 heterocycles. The van der Waals surface area contributed by atoms with Crippen LogP contribution in [0.3, 0.4) is 0 Å². The Bertz CT molecular complexity index is 390. The molecule has 2 rings (SSSR count). The monoisotopic (exact) mass is 219 g/mol. The minimum atomic E-state index is 0.266. The number of anilines is 1. The van der Waals surface area contributed by atoms with Gasteiger partial charge in [-0.25, -0.2) is 0 Å². The molecule has 0 saturated carbocycles. The zero-order valence-electron chi connectivity index (χ0n) is 9.52. The molecule has 1 aromatic rings. The molecular formula is C13H17NO2. The minimum Gasteiger partial charge on any atom is -0.396 e. The van der Waals surface area contributed by atoms with E-state index in [-0.39, 0.29) is 6.61 Å². The lowest BCUT2D eigenvalue weighted by Gasteiger charge is -2.20. The molecule has 1 aliphatic heterocycles. The van der Waals surface area contributed by atoms with E-state index in [1.54, 1.807) is 0 Å². The number of aldehydes is 1. The second-order valence-corrected chi connectivity index (χ2v) is 4.45. The SMILES string of the molecule is Cc1cc(C=O)ccc1N1CCC(CO)C1. The standard InChI is InChI=1S/C13H17NO2/c1-10-6-11(8-15)2-3-13(10)14-5-4-12(7-14)9-16/h2-3,6,8,12,16H,4-5,7,9H2,1H3. The number of carbonyl (C=O) groups is 1. The molecule has 1 aliphatic rings. The van der Waals surface area contributed by atoms with E-state index in [1.807, 2.05) is 25.1 Å². The summed E-state index contributed by atoms with van der Waals surface area (Å²) in [5, 5.41) is 9.11. The molecule has 16 heavy (non-hydrogen) atoms. The first-order valence-electron chi connectivity index (χ1n) is 5.66. The molecule has 1 N–H and O–H groups in total. The van der Waals surface area contributed by atoms with Gasteiger partial charge in [0.25, 0.3) is 0 Å². The Kier molecular flexibility index (Phi) is 3.25. The maximum absolute atomic E-state index is 10.6. The smallest absolute Gasteiger partial charge is 0.150 e. The second-order valence-electron chi connectivity index (χ2n) is 4.45. The van der Waals surface area contributed by atoms with Crippen molar-refractivity contribution in [1.82, 2.24) is 0 Å².